The molecule has 1 aromatic carbocycles. The van der Waals surface area contributed by atoms with Crippen LogP contribution in [0.5, 0.6) is 0 Å². The Bertz CT molecular complexity index is 395. The number of aryl methyl sites for hydroxylation is 1. The second-order valence-electron chi connectivity index (χ2n) is 3.94. The van der Waals surface area contributed by atoms with Crippen molar-refractivity contribution in [1.29, 1.82) is 0 Å². The smallest absolute Gasteiger partial charge is 0.310 e. The fourth-order valence-corrected chi connectivity index (χ4v) is 1.40. The van der Waals surface area contributed by atoms with Gasteiger partial charge in [0, 0.05) is 0 Å². The van der Waals surface area contributed by atoms with Gasteiger partial charge in [0.25, 0.3) is 0 Å². The van der Waals surface area contributed by atoms with Crippen molar-refractivity contribution in [3.8, 4) is 0 Å². The van der Waals surface area contributed by atoms with E-state index in [-0.39, 0.29) is 31.4 Å². The average Bonchev–Trinajstić information content (AvgIpc) is 2.32. The first-order chi connectivity index (χ1) is 8.61. The number of esters is 2. The lowest BCUT2D eigenvalue weighted by atomic mass is 10.1. The highest BCUT2D eigenvalue weighted by atomic mass is 16.5. The van der Waals surface area contributed by atoms with Gasteiger partial charge in [-0.25, -0.2) is 0 Å². The van der Waals surface area contributed by atoms with Crippen LogP contribution in [0.15, 0.2) is 24.3 Å². The minimum Gasteiger partial charge on any atom is -0.466 e. The van der Waals surface area contributed by atoms with Crippen LogP contribution < -0.4 is 0 Å². The summed E-state index contributed by atoms with van der Waals surface area (Å²) in [4.78, 5) is 22.5. The van der Waals surface area contributed by atoms with Crippen LogP contribution in [0.25, 0.3) is 0 Å². The lowest BCUT2D eigenvalue weighted by Crippen LogP contribution is -2.13. The summed E-state index contributed by atoms with van der Waals surface area (Å²) in [5.74, 6) is -0.677. The summed E-state index contributed by atoms with van der Waals surface area (Å²) in [5, 5.41) is 0. The molecule has 0 heterocycles. The van der Waals surface area contributed by atoms with Crippen LogP contribution in [-0.4, -0.2) is 25.2 Å². The van der Waals surface area contributed by atoms with E-state index in [0.29, 0.717) is 6.61 Å². The zero-order valence-electron chi connectivity index (χ0n) is 10.8. The van der Waals surface area contributed by atoms with Crippen LogP contribution in [0.1, 0.15) is 24.5 Å². The Morgan fingerprint density at radius 3 is 2.33 bits per heavy atom. The third-order valence-electron chi connectivity index (χ3n) is 2.34. The van der Waals surface area contributed by atoms with Gasteiger partial charge >= 0.3 is 11.9 Å². The van der Waals surface area contributed by atoms with Crippen molar-refractivity contribution in [2.24, 2.45) is 0 Å². The van der Waals surface area contributed by atoms with E-state index in [0.717, 1.165) is 11.1 Å². The van der Waals surface area contributed by atoms with E-state index in [4.69, 9.17) is 9.47 Å². The molecule has 4 heteroatoms. The fourth-order valence-electron chi connectivity index (χ4n) is 1.40. The van der Waals surface area contributed by atoms with Gasteiger partial charge in [0.1, 0.15) is 6.61 Å². The van der Waals surface area contributed by atoms with Gasteiger partial charge in [-0.05, 0) is 19.4 Å². The lowest BCUT2D eigenvalue weighted by molar-refractivity contribution is -0.148. The van der Waals surface area contributed by atoms with Crippen LogP contribution in [0.3, 0.4) is 0 Å². The van der Waals surface area contributed by atoms with Crippen LogP contribution in [-0.2, 0) is 25.5 Å². The monoisotopic (exact) mass is 250 g/mol. The number of carbonyl (C=O) groups is 2. The molecule has 0 atom stereocenters. The first-order valence-corrected chi connectivity index (χ1v) is 5.98. The molecule has 0 bridgehead atoms. The van der Waals surface area contributed by atoms with E-state index in [9.17, 15) is 9.59 Å². The van der Waals surface area contributed by atoms with Crippen molar-refractivity contribution in [3.63, 3.8) is 0 Å². The second kappa shape index (κ2) is 7.48. The van der Waals surface area contributed by atoms with Crippen molar-refractivity contribution in [1.82, 2.24) is 0 Å². The van der Waals surface area contributed by atoms with Gasteiger partial charge in [-0.3, -0.25) is 9.59 Å². The Kier molecular flexibility index (Phi) is 5.91. The summed E-state index contributed by atoms with van der Waals surface area (Å²) in [6.45, 7) is 4.14. The van der Waals surface area contributed by atoms with E-state index in [1.165, 1.54) is 0 Å². The van der Waals surface area contributed by atoms with Crippen molar-refractivity contribution in [2.45, 2.75) is 26.7 Å². The average molecular weight is 250 g/mol. The summed E-state index contributed by atoms with van der Waals surface area (Å²) in [6.07, 6.45) is 0.330. The molecule has 0 aliphatic carbocycles. The zero-order chi connectivity index (χ0) is 13.4. The Labute approximate surface area is 107 Å². The van der Waals surface area contributed by atoms with Crippen molar-refractivity contribution < 1.29 is 19.1 Å². The highest BCUT2D eigenvalue weighted by Gasteiger charge is 2.07. The van der Waals surface area contributed by atoms with Gasteiger partial charge in [0.05, 0.1) is 19.4 Å². The second-order valence-corrected chi connectivity index (χ2v) is 3.94. The first-order valence-electron chi connectivity index (χ1n) is 5.98. The number of hydrogen-bond donors (Lipinski definition) is 0. The highest BCUT2D eigenvalue weighted by Crippen LogP contribution is 2.04. The zero-order valence-corrected chi connectivity index (χ0v) is 10.8. The summed E-state index contributed by atoms with van der Waals surface area (Å²) < 4.78 is 9.68. The number of benzene rings is 1. The van der Waals surface area contributed by atoms with E-state index in [1.54, 1.807) is 6.92 Å². The number of carbonyl (C=O) groups excluding carboxylic acids is 2. The molecule has 0 saturated carbocycles. The molecule has 0 aromatic heterocycles. The SMILES string of the molecule is CCOC(=O)CCOC(=O)Cc1ccc(C)cc1. The predicted octanol–water partition coefficient (Wildman–Crippen LogP) is 2.03. The van der Waals surface area contributed by atoms with Crippen molar-refractivity contribution in [3.05, 3.63) is 35.4 Å². The Morgan fingerprint density at radius 1 is 1.06 bits per heavy atom. The molecule has 0 aliphatic heterocycles. The molecule has 0 radical (unpaired) electrons. The van der Waals surface area contributed by atoms with E-state index < -0.39 is 0 Å². The van der Waals surface area contributed by atoms with E-state index in [2.05, 4.69) is 0 Å². The molecule has 0 aliphatic rings. The first kappa shape index (κ1) is 14.2. The Hall–Kier alpha value is -1.84. The molecule has 0 fully saturated rings. The molecule has 1 aromatic rings. The Balaban J connectivity index is 2.25. The maximum absolute atomic E-state index is 11.5. The third kappa shape index (κ3) is 5.48. The van der Waals surface area contributed by atoms with Crippen LogP contribution in [0, 0.1) is 6.92 Å². The molecule has 0 saturated heterocycles. The number of ether oxygens (including phenoxy) is 2. The van der Waals surface area contributed by atoms with Gasteiger partial charge in [0.15, 0.2) is 0 Å². The molecule has 0 unspecified atom stereocenters. The molecular weight excluding hydrogens is 232 g/mol. The largest absolute Gasteiger partial charge is 0.466 e. The Morgan fingerprint density at radius 2 is 1.72 bits per heavy atom. The molecule has 0 N–H and O–H groups in total. The molecule has 0 amide bonds. The third-order valence-corrected chi connectivity index (χ3v) is 2.34. The summed E-state index contributed by atoms with van der Waals surface area (Å²) >= 11 is 0. The highest BCUT2D eigenvalue weighted by molar-refractivity contribution is 5.73. The summed E-state index contributed by atoms with van der Waals surface area (Å²) in [5.41, 5.74) is 2.05. The van der Waals surface area contributed by atoms with E-state index >= 15 is 0 Å². The number of rotatable bonds is 6. The quantitative estimate of drug-likeness (QED) is 0.725. The lowest BCUT2D eigenvalue weighted by Gasteiger charge is -2.05. The number of hydrogen-bond acceptors (Lipinski definition) is 4. The molecule has 18 heavy (non-hydrogen) atoms. The van der Waals surface area contributed by atoms with Gasteiger partial charge in [-0.1, -0.05) is 29.8 Å². The molecule has 0 spiro atoms. The van der Waals surface area contributed by atoms with Gasteiger partial charge in [-0.2, -0.15) is 0 Å². The summed E-state index contributed by atoms with van der Waals surface area (Å²) in [7, 11) is 0. The van der Waals surface area contributed by atoms with Crippen molar-refractivity contribution in [2.75, 3.05) is 13.2 Å². The minimum absolute atomic E-state index is 0.0729. The minimum atomic E-state index is -0.347. The molecular formula is C14H18O4. The van der Waals surface area contributed by atoms with Crippen LogP contribution in [0.2, 0.25) is 0 Å². The summed E-state index contributed by atoms with van der Waals surface area (Å²) in [6, 6.07) is 7.67. The predicted molar refractivity (Wildman–Crippen MR) is 67.1 cm³/mol. The molecule has 98 valence electrons. The topological polar surface area (TPSA) is 52.6 Å². The van der Waals surface area contributed by atoms with Gasteiger partial charge in [0.2, 0.25) is 0 Å². The van der Waals surface area contributed by atoms with Crippen LogP contribution >= 0.6 is 0 Å². The maximum Gasteiger partial charge on any atom is 0.310 e. The molecule has 1 rings (SSSR count). The maximum atomic E-state index is 11.5. The normalized spacial score (nSPS) is 9.89. The molecule has 4 nitrogen and oxygen atoms in total. The standard InChI is InChI=1S/C14H18O4/c1-3-17-13(15)8-9-18-14(16)10-12-6-4-11(2)5-7-12/h4-7H,3,8-10H2,1-2H3. The van der Waals surface area contributed by atoms with Crippen LogP contribution in [0.4, 0.5) is 0 Å². The van der Waals surface area contributed by atoms with Gasteiger partial charge < -0.3 is 9.47 Å². The van der Waals surface area contributed by atoms with Crippen molar-refractivity contribution >= 4 is 11.9 Å². The fraction of sp³-hybridized carbons (Fsp3) is 0.429. The van der Waals surface area contributed by atoms with E-state index in [1.807, 2.05) is 31.2 Å². The van der Waals surface area contributed by atoms with Gasteiger partial charge in [-0.15, -0.1) is 0 Å².